The standard InChI is InChI=1S/C13H14F2N2O3S/c14-12(15)21-10-3-1-2-9(6-10)16-13(20)17-5-4-8(7-17)11(18)19/h1-3,6,8,12H,4-5,7H2,(H,16,20)(H,18,19). The molecule has 1 unspecified atom stereocenters. The van der Waals surface area contributed by atoms with E-state index >= 15 is 0 Å². The zero-order valence-electron chi connectivity index (χ0n) is 11.0. The number of carbonyl (C=O) groups is 2. The van der Waals surface area contributed by atoms with Gasteiger partial charge in [0.15, 0.2) is 0 Å². The van der Waals surface area contributed by atoms with Crippen LogP contribution in [-0.2, 0) is 4.79 Å². The van der Waals surface area contributed by atoms with Crippen LogP contribution >= 0.6 is 11.8 Å². The topological polar surface area (TPSA) is 69.6 Å². The first-order valence-corrected chi connectivity index (χ1v) is 7.17. The molecule has 0 radical (unpaired) electrons. The molecule has 1 aromatic rings. The van der Waals surface area contributed by atoms with Crippen LogP contribution in [0.4, 0.5) is 19.3 Å². The summed E-state index contributed by atoms with van der Waals surface area (Å²) in [7, 11) is 0. The molecule has 2 rings (SSSR count). The average Bonchev–Trinajstić information content (AvgIpc) is 2.88. The number of nitrogens with one attached hydrogen (secondary N) is 1. The van der Waals surface area contributed by atoms with Gasteiger partial charge in [-0.25, -0.2) is 4.79 Å². The molecule has 2 amide bonds. The predicted molar refractivity (Wildman–Crippen MR) is 74.6 cm³/mol. The summed E-state index contributed by atoms with van der Waals surface area (Å²) in [5.74, 6) is -3.98. The Morgan fingerprint density at radius 1 is 1.43 bits per heavy atom. The number of carbonyl (C=O) groups excluding carboxylic acids is 1. The summed E-state index contributed by atoms with van der Waals surface area (Å²) in [4.78, 5) is 24.6. The molecule has 1 aliphatic heterocycles. The number of anilines is 1. The minimum Gasteiger partial charge on any atom is -0.481 e. The summed E-state index contributed by atoms with van der Waals surface area (Å²) < 4.78 is 24.6. The molecule has 1 aromatic carbocycles. The second-order valence-corrected chi connectivity index (χ2v) is 5.67. The molecule has 1 atom stereocenters. The van der Waals surface area contributed by atoms with Gasteiger partial charge in [-0.3, -0.25) is 4.79 Å². The largest absolute Gasteiger partial charge is 0.481 e. The number of thioether (sulfide) groups is 1. The van der Waals surface area contributed by atoms with Crippen molar-refractivity contribution < 1.29 is 23.5 Å². The summed E-state index contributed by atoms with van der Waals surface area (Å²) in [5.41, 5.74) is 0.407. The van der Waals surface area contributed by atoms with Gasteiger partial charge in [-0.05, 0) is 24.6 Å². The molecule has 21 heavy (non-hydrogen) atoms. The van der Waals surface area contributed by atoms with E-state index in [0.29, 0.717) is 35.3 Å². The van der Waals surface area contributed by atoms with E-state index in [1.807, 2.05) is 0 Å². The molecular formula is C13H14F2N2O3S. The van der Waals surface area contributed by atoms with Gasteiger partial charge in [0.2, 0.25) is 0 Å². The highest BCUT2D eigenvalue weighted by Gasteiger charge is 2.30. The molecule has 0 aromatic heterocycles. The lowest BCUT2D eigenvalue weighted by Crippen LogP contribution is -2.33. The SMILES string of the molecule is O=C(O)C1CCN(C(=O)Nc2cccc(SC(F)F)c2)C1. The highest BCUT2D eigenvalue weighted by molar-refractivity contribution is 7.99. The molecule has 0 bridgehead atoms. The van der Waals surface area contributed by atoms with Crippen LogP contribution < -0.4 is 5.32 Å². The highest BCUT2D eigenvalue weighted by Crippen LogP contribution is 2.27. The van der Waals surface area contributed by atoms with Crippen LogP contribution in [0, 0.1) is 5.92 Å². The maximum Gasteiger partial charge on any atom is 0.321 e. The van der Waals surface area contributed by atoms with Gasteiger partial charge in [-0.2, -0.15) is 8.78 Å². The fourth-order valence-electron chi connectivity index (χ4n) is 2.10. The number of hydrogen-bond acceptors (Lipinski definition) is 3. The van der Waals surface area contributed by atoms with E-state index in [4.69, 9.17) is 5.11 Å². The van der Waals surface area contributed by atoms with Gasteiger partial charge < -0.3 is 15.3 Å². The second kappa shape index (κ2) is 6.75. The van der Waals surface area contributed by atoms with Crippen molar-refractivity contribution in [2.24, 2.45) is 5.92 Å². The van der Waals surface area contributed by atoms with Crippen LogP contribution in [0.3, 0.4) is 0 Å². The average molecular weight is 316 g/mol. The van der Waals surface area contributed by atoms with Gasteiger partial charge in [0.25, 0.3) is 5.76 Å². The van der Waals surface area contributed by atoms with Gasteiger partial charge in [0.05, 0.1) is 5.92 Å². The third-order valence-electron chi connectivity index (χ3n) is 3.14. The van der Waals surface area contributed by atoms with E-state index in [2.05, 4.69) is 5.32 Å². The van der Waals surface area contributed by atoms with Crippen molar-refractivity contribution in [3.63, 3.8) is 0 Å². The van der Waals surface area contributed by atoms with E-state index < -0.39 is 23.7 Å². The number of likely N-dealkylation sites (tertiary alicyclic amines) is 1. The quantitative estimate of drug-likeness (QED) is 0.838. The molecule has 1 saturated heterocycles. The molecule has 0 spiro atoms. The Labute approximate surface area is 124 Å². The zero-order chi connectivity index (χ0) is 15.4. The summed E-state index contributed by atoms with van der Waals surface area (Å²) in [6.07, 6.45) is 0.421. The van der Waals surface area contributed by atoms with Crippen LogP contribution in [0.5, 0.6) is 0 Å². The molecule has 1 heterocycles. The van der Waals surface area contributed by atoms with Crippen LogP contribution in [0.1, 0.15) is 6.42 Å². The first-order valence-electron chi connectivity index (χ1n) is 6.29. The highest BCUT2D eigenvalue weighted by atomic mass is 32.2. The number of rotatable bonds is 4. The molecule has 8 heteroatoms. The Hall–Kier alpha value is -1.83. The van der Waals surface area contributed by atoms with Gasteiger partial charge in [-0.1, -0.05) is 17.8 Å². The number of halogens is 2. The summed E-state index contributed by atoms with van der Waals surface area (Å²) in [5, 5.41) is 11.5. The molecule has 1 fully saturated rings. The van der Waals surface area contributed by atoms with Gasteiger partial charge in [0.1, 0.15) is 0 Å². The number of benzene rings is 1. The van der Waals surface area contributed by atoms with Crippen LogP contribution in [0.15, 0.2) is 29.2 Å². The van der Waals surface area contributed by atoms with Gasteiger partial charge in [-0.15, -0.1) is 0 Å². The Bertz CT molecular complexity index is 542. The van der Waals surface area contributed by atoms with Crippen molar-refractivity contribution in [2.75, 3.05) is 18.4 Å². The number of nitrogens with zero attached hydrogens (tertiary/aromatic N) is 1. The number of carboxylic acid groups (broad SMARTS) is 1. The molecule has 2 N–H and O–H groups in total. The van der Waals surface area contributed by atoms with Crippen molar-refractivity contribution in [1.29, 1.82) is 0 Å². The minimum atomic E-state index is -2.52. The van der Waals surface area contributed by atoms with Gasteiger partial charge in [0, 0.05) is 23.7 Å². The first-order chi connectivity index (χ1) is 9.95. The lowest BCUT2D eigenvalue weighted by atomic mass is 10.1. The number of carboxylic acids is 1. The van der Waals surface area contributed by atoms with Crippen LogP contribution in [0.2, 0.25) is 0 Å². The second-order valence-electron chi connectivity index (χ2n) is 4.61. The third kappa shape index (κ3) is 4.32. The minimum absolute atomic E-state index is 0.159. The van der Waals surface area contributed by atoms with Gasteiger partial charge >= 0.3 is 12.0 Å². The third-order valence-corrected chi connectivity index (χ3v) is 3.84. The fourth-order valence-corrected chi connectivity index (χ4v) is 2.66. The number of aliphatic carboxylic acids is 1. The van der Waals surface area contributed by atoms with E-state index in [-0.39, 0.29) is 6.54 Å². The van der Waals surface area contributed by atoms with E-state index in [1.165, 1.54) is 17.0 Å². The maximum atomic E-state index is 12.3. The predicted octanol–water partition coefficient (Wildman–Crippen LogP) is 2.94. The Morgan fingerprint density at radius 2 is 2.19 bits per heavy atom. The molecule has 0 saturated carbocycles. The zero-order valence-corrected chi connectivity index (χ0v) is 11.8. The Kier molecular flexibility index (Phi) is 5.00. The van der Waals surface area contributed by atoms with E-state index in [1.54, 1.807) is 12.1 Å². The normalized spacial score (nSPS) is 18.0. The Balaban J connectivity index is 1.95. The lowest BCUT2D eigenvalue weighted by Gasteiger charge is -2.17. The molecule has 114 valence electrons. The fraction of sp³-hybridized carbons (Fsp3) is 0.385. The molecule has 1 aliphatic rings. The van der Waals surface area contributed by atoms with Crippen molar-refractivity contribution in [1.82, 2.24) is 4.90 Å². The van der Waals surface area contributed by atoms with Crippen molar-refractivity contribution >= 4 is 29.4 Å². The number of alkyl halides is 2. The maximum absolute atomic E-state index is 12.3. The molecule has 5 nitrogen and oxygen atoms in total. The smallest absolute Gasteiger partial charge is 0.321 e. The van der Waals surface area contributed by atoms with Crippen molar-refractivity contribution in [3.8, 4) is 0 Å². The summed E-state index contributed by atoms with van der Waals surface area (Å²) in [6.45, 7) is 0.529. The summed E-state index contributed by atoms with van der Waals surface area (Å²) >= 11 is 0.400. The number of amides is 2. The van der Waals surface area contributed by atoms with Crippen LogP contribution in [0.25, 0.3) is 0 Å². The monoisotopic (exact) mass is 316 g/mol. The number of urea groups is 1. The van der Waals surface area contributed by atoms with Crippen LogP contribution in [-0.4, -0.2) is 40.9 Å². The molecular weight excluding hydrogens is 302 g/mol. The van der Waals surface area contributed by atoms with Crippen molar-refractivity contribution in [3.05, 3.63) is 24.3 Å². The summed E-state index contributed by atoms with van der Waals surface area (Å²) in [6, 6.07) is 5.74. The van der Waals surface area contributed by atoms with E-state index in [9.17, 15) is 18.4 Å². The number of hydrogen-bond donors (Lipinski definition) is 2. The first kappa shape index (κ1) is 15.6. The Morgan fingerprint density at radius 3 is 2.81 bits per heavy atom. The lowest BCUT2D eigenvalue weighted by molar-refractivity contribution is -0.141. The van der Waals surface area contributed by atoms with Crippen molar-refractivity contribution in [2.45, 2.75) is 17.1 Å². The molecule has 0 aliphatic carbocycles. The van der Waals surface area contributed by atoms with E-state index in [0.717, 1.165) is 0 Å².